The molecule has 0 bridgehead atoms. The predicted molar refractivity (Wildman–Crippen MR) is 154 cm³/mol. The first kappa shape index (κ1) is 25.7. The second-order valence-electron chi connectivity index (χ2n) is 10.2. The molecule has 0 radical (unpaired) electrons. The maximum atomic E-state index is 14.0. The van der Waals surface area contributed by atoms with Gasteiger partial charge in [-0.3, -0.25) is 14.7 Å². The van der Waals surface area contributed by atoms with Crippen LogP contribution in [-0.2, 0) is 4.79 Å². The summed E-state index contributed by atoms with van der Waals surface area (Å²) >= 11 is 6.72. The van der Waals surface area contributed by atoms with E-state index >= 15 is 0 Å². The maximum Gasteiger partial charge on any atom is 0.275 e. The monoisotopic (exact) mass is 526 g/mol. The summed E-state index contributed by atoms with van der Waals surface area (Å²) in [5.41, 5.74) is 8.23. The van der Waals surface area contributed by atoms with E-state index in [4.69, 9.17) is 11.6 Å². The largest absolute Gasteiger partial charge is 0.295 e. The third-order valence-electron chi connectivity index (χ3n) is 7.67. The van der Waals surface area contributed by atoms with Crippen molar-refractivity contribution in [1.29, 1.82) is 0 Å². The van der Waals surface area contributed by atoms with Crippen molar-refractivity contribution in [2.24, 2.45) is 11.0 Å². The molecule has 0 saturated heterocycles. The molecule has 1 aromatic heterocycles. The summed E-state index contributed by atoms with van der Waals surface area (Å²) in [4.78, 5) is 28.1. The minimum absolute atomic E-state index is 0.187. The number of hydrogen-bond acceptors (Lipinski definition) is 3. The molecular formula is C31H31ClN4O2. The average molecular weight is 527 g/mol. The van der Waals surface area contributed by atoms with Crippen molar-refractivity contribution in [1.82, 2.24) is 9.78 Å². The maximum absolute atomic E-state index is 14.0. The zero-order valence-electron chi connectivity index (χ0n) is 22.5. The Labute approximate surface area is 227 Å². The summed E-state index contributed by atoms with van der Waals surface area (Å²) in [6.07, 6.45) is 0. The van der Waals surface area contributed by atoms with E-state index in [1.54, 1.807) is 10.7 Å². The second kappa shape index (κ2) is 9.76. The van der Waals surface area contributed by atoms with Crippen LogP contribution < -0.4 is 10.6 Å². The molecule has 0 spiro atoms. The van der Waals surface area contributed by atoms with Crippen LogP contribution in [0.4, 0.5) is 5.69 Å². The molecular weight excluding hydrogens is 496 g/mol. The van der Waals surface area contributed by atoms with Crippen LogP contribution in [0, 0.1) is 40.5 Å². The lowest BCUT2D eigenvalue weighted by atomic mass is 9.78. The second-order valence-corrected chi connectivity index (χ2v) is 10.6. The Balaban J connectivity index is 1.67. The highest BCUT2D eigenvalue weighted by molar-refractivity contribution is 6.31. The number of aromatic amines is 1. The number of nitrogens with zero attached hydrogens (tertiary/aromatic N) is 3. The number of halogens is 1. The zero-order valence-corrected chi connectivity index (χ0v) is 23.2. The van der Waals surface area contributed by atoms with Crippen molar-refractivity contribution in [2.45, 2.75) is 47.5 Å². The smallest absolute Gasteiger partial charge is 0.275 e. The Morgan fingerprint density at radius 2 is 1.42 bits per heavy atom. The van der Waals surface area contributed by atoms with E-state index in [0.29, 0.717) is 27.7 Å². The van der Waals surface area contributed by atoms with Crippen LogP contribution in [0.3, 0.4) is 0 Å². The van der Waals surface area contributed by atoms with E-state index in [9.17, 15) is 9.59 Å². The van der Waals surface area contributed by atoms with Gasteiger partial charge < -0.3 is 0 Å². The number of rotatable bonds is 5. The van der Waals surface area contributed by atoms with Gasteiger partial charge in [0.05, 0.1) is 17.3 Å². The third-order valence-corrected chi connectivity index (χ3v) is 8.01. The minimum Gasteiger partial charge on any atom is -0.295 e. The number of benzene rings is 3. The number of H-pyrrole nitrogens is 1. The molecule has 2 atom stereocenters. The van der Waals surface area contributed by atoms with Gasteiger partial charge in [-0.15, -0.1) is 0 Å². The highest BCUT2D eigenvalue weighted by atomic mass is 35.5. The van der Waals surface area contributed by atoms with Crippen molar-refractivity contribution in [3.8, 4) is 5.69 Å². The molecule has 2 heterocycles. The first-order valence-electron chi connectivity index (χ1n) is 12.7. The highest BCUT2D eigenvalue weighted by Gasteiger charge is 2.44. The normalized spacial score (nSPS) is 16.2. The number of nitrogens with one attached hydrogen (secondary N) is 1. The van der Waals surface area contributed by atoms with E-state index in [1.807, 2.05) is 96.1 Å². The zero-order chi connectivity index (χ0) is 27.3. The molecule has 4 aromatic rings. The molecule has 1 amide bonds. The number of carbonyl (C=O) groups is 1. The molecule has 5 rings (SSSR count). The van der Waals surface area contributed by atoms with Gasteiger partial charge in [-0.1, -0.05) is 41.9 Å². The summed E-state index contributed by atoms with van der Waals surface area (Å²) in [5, 5.41) is 9.89. The van der Waals surface area contributed by atoms with Gasteiger partial charge in [0, 0.05) is 27.9 Å². The first-order valence-corrected chi connectivity index (χ1v) is 13.1. The van der Waals surface area contributed by atoms with Gasteiger partial charge >= 0.3 is 0 Å². The Kier molecular flexibility index (Phi) is 6.61. The van der Waals surface area contributed by atoms with Crippen LogP contribution >= 0.6 is 11.6 Å². The van der Waals surface area contributed by atoms with Gasteiger partial charge in [-0.2, -0.15) is 5.10 Å². The number of hydrogen-bond donors (Lipinski definition) is 1. The number of aromatic nitrogens is 2. The summed E-state index contributed by atoms with van der Waals surface area (Å²) in [5.74, 6) is -1.49. The van der Waals surface area contributed by atoms with E-state index in [2.05, 4.69) is 10.2 Å². The number of hydrazone groups is 1. The summed E-state index contributed by atoms with van der Waals surface area (Å²) in [6, 6.07) is 19.2. The molecule has 0 unspecified atom stereocenters. The van der Waals surface area contributed by atoms with E-state index < -0.39 is 11.8 Å². The van der Waals surface area contributed by atoms with Gasteiger partial charge in [0.1, 0.15) is 0 Å². The highest BCUT2D eigenvalue weighted by Crippen LogP contribution is 2.41. The standard InChI is InChI=1S/C31H31ClN4O2/c1-17-11-13-23(15-19(17)3)35-30(37)27(21(5)33-35)29(25-9-7-8-10-26(25)32)28-22(6)34-36(31(28)38)24-14-12-18(2)20(4)16-24/h7-16,27,29,34H,1-6H3/t27-,29-/m1/s1. The first-order chi connectivity index (χ1) is 18.1. The van der Waals surface area contributed by atoms with Crippen LogP contribution in [0.1, 0.15) is 51.9 Å². The number of amides is 1. The molecule has 1 aliphatic heterocycles. The lowest BCUT2D eigenvalue weighted by Gasteiger charge is -2.24. The van der Waals surface area contributed by atoms with Crippen LogP contribution in [0.15, 0.2) is 70.6 Å². The lowest BCUT2D eigenvalue weighted by Crippen LogP contribution is -2.34. The van der Waals surface area contributed by atoms with Crippen molar-refractivity contribution < 1.29 is 4.79 Å². The fraction of sp³-hybridized carbons (Fsp3) is 0.258. The molecule has 0 fully saturated rings. The van der Waals surface area contributed by atoms with Gasteiger partial charge in [-0.05, 0) is 99.7 Å². The molecule has 1 N–H and O–H groups in total. The number of anilines is 1. The summed E-state index contributed by atoms with van der Waals surface area (Å²) in [6.45, 7) is 11.8. The molecule has 1 aliphatic rings. The Morgan fingerprint density at radius 3 is 2.05 bits per heavy atom. The molecule has 0 saturated carbocycles. The van der Waals surface area contributed by atoms with Crippen molar-refractivity contribution in [3.63, 3.8) is 0 Å². The minimum atomic E-state index is -0.688. The van der Waals surface area contributed by atoms with Gasteiger partial charge in [-0.25, -0.2) is 9.69 Å². The van der Waals surface area contributed by atoms with E-state index in [1.165, 1.54) is 5.01 Å². The van der Waals surface area contributed by atoms with Crippen LogP contribution in [0.5, 0.6) is 0 Å². The fourth-order valence-electron chi connectivity index (χ4n) is 5.21. The average Bonchev–Trinajstić information content (AvgIpc) is 3.34. The quantitative estimate of drug-likeness (QED) is 0.321. The molecule has 3 aromatic carbocycles. The number of aryl methyl sites for hydroxylation is 5. The molecule has 0 aliphatic carbocycles. The topological polar surface area (TPSA) is 70.5 Å². The van der Waals surface area contributed by atoms with Gasteiger partial charge in [0.2, 0.25) is 0 Å². The Hall–Kier alpha value is -3.90. The van der Waals surface area contributed by atoms with E-state index in [0.717, 1.165) is 33.5 Å². The lowest BCUT2D eigenvalue weighted by molar-refractivity contribution is -0.120. The molecule has 6 nitrogen and oxygen atoms in total. The fourth-order valence-corrected chi connectivity index (χ4v) is 5.46. The van der Waals surface area contributed by atoms with Crippen molar-refractivity contribution in [2.75, 3.05) is 5.01 Å². The van der Waals surface area contributed by atoms with Crippen molar-refractivity contribution in [3.05, 3.63) is 115 Å². The Morgan fingerprint density at radius 1 is 0.816 bits per heavy atom. The Bertz CT molecular complexity index is 1660. The van der Waals surface area contributed by atoms with Crippen molar-refractivity contribution >= 4 is 28.9 Å². The molecule has 194 valence electrons. The molecule has 7 heteroatoms. The number of carbonyl (C=O) groups excluding carboxylic acids is 1. The molecule has 38 heavy (non-hydrogen) atoms. The third kappa shape index (κ3) is 4.29. The van der Waals surface area contributed by atoms with Gasteiger partial charge in [0.25, 0.3) is 11.5 Å². The summed E-state index contributed by atoms with van der Waals surface area (Å²) in [7, 11) is 0. The van der Waals surface area contributed by atoms with E-state index in [-0.39, 0.29) is 11.5 Å². The predicted octanol–water partition coefficient (Wildman–Crippen LogP) is 6.53. The van der Waals surface area contributed by atoms with Gasteiger partial charge in [0.15, 0.2) is 0 Å². The summed E-state index contributed by atoms with van der Waals surface area (Å²) < 4.78 is 1.55. The van der Waals surface area contributed by atoms with Crippen LogP contribution in [0.25, 0.3) is 5.69 Å². The van der Waals surface area contributed by atoms with Crippen LogP contribution in [-0.4, -0.2) is 21.4 Å². The van der Waals surface area contributed by atoms with Crippen LogP contribution in [0.2, 0.25) is 5.02 Å². The SMILES string of the molecule is CC1=NN(c2ccc(C)c(C)c2)C(=O)[C@H]1[C@@H](c1ccccc1Cl)c1c(C)[nH]n(-c2ccc(C)c(C)c2)c1=O.